The molecule has 0 atom stereocenters. The van der Waals surface area contributed by atoms with Crippen LogP contribution >= 0.6 is 23.4 Å². The third kappa shape index (κ3) is 4.28. The van der Waals surface area contributed by atoms with Crippen LogP contribution in [-0.4, -0.2) is 39.8 Å². The van der Waals surface area contributed by atoms with E-state index in [4.69, 9.17) is 11.6 Å². The Kier molecular flexibility index (Phi) is 6.11. The number of halogens is 2. The van der Waals surface area contributed by atoms with Gasteiger partial charge in [0.25, 0.3) is 0 Å². The summed E-state index contributed by atoms with van der Waals surface area (Å²) in [6.07, 6.45) is 3.18. The minimum atomic E-state index is -0.210. The first-order valence-electron chi connectivity index (χ1n) is 9.87. The molecule has 0 aliphatic carbocycles. The van der Waals surface area contributed by atoms with E-state index in [1.54, 1.807) is 22.7 Å². The summed E-state index contributed by atoms with van der Waals surface area (Å²) in [6, 6.07) is 8.92. The fraction of sp³-hybridized carbons (Fsp3) is 0.364. The van der Waals surface area contributed by atoms with Gasteiger partial charge in [0.15, 0.2) is 5.78 Å². The van der Waals surface area contributed by atoms with Crippen molar-refractivity contribution in [3.63, 3.8) is 0 Å². The van der Waals surface area contributed by atoms with E-state index >= 15 is 0 Å². The summed E-state index contributed by atoms with van der Waals surface area (Å²) in [5.41, 5.74) is 3.54. The third-order valence-electron chi connectivity index (χ3n) is 5.26. The summed E-state index contributed by atoms with van der Waals surface area (Å²) in [6.45, 7) is 3.72. The van der Waals surface area contributed by atoms with E-state index in [0.29, 0.717) is 41.3 Å². The number of rotatable bonds is 6. The van der Waals surface area contributed by atoms with Gasteiger partial charge >= 0.3 is 0 Å². The average Bonchev–Trinajstić information content (AvgIpc) is 3.10. The van der Waals surface area contributed by atoms with Crippen LogP contribution in [0.1, 0.15) is 35.1 Å². The Labute approximate surface area is 179 Å². The molecule has 3 heterocycles. The predicted octanol–water partition coefficient (Wildman–Crippen LogP) is 5.06. The Balaban J connectivity index is 1.51. The summed E-state index contributed by atoms with van der Waals surface area (Å²) in [4.78, 5) is 19.6. The number of aromatic nitrogens is 2. The third-order valence-corrected chi connectivity index (χ3v) is 6.42. The van der Waals surface area contributed by atoms with Crippen LogP contribution < -0.4 is 4.90 Å². The number of carbonyl (C=O) groups is 1. The standard InChI is InChI=1S/C22H23ClFN3OS/c1-2-18-22(27-14-16(23)5-8-21(27)25-18)20(28)7-4-15-3-6-19(17(24)13-15)26-9-11-29-12-10-26/h3,5-6,8,13-14H,2,4,7,9-12H2,1H3. The molecule has 1 aliphatic rings. The summed E-state index contributed by atoms with van der Waals surface area (Å²) >= 11 is 8.01. The number of ketones is 1. The zero-order valence-corrected chi connectivity index (χ0v) is 17.9. The molecule has 2 aromatic heterocycles. The SMILES string of the molecule is CCc1nc2ccc(Cl)cn2c1C(=O)CCc1ccc(N2CCSCC2)c(F)c1. The Morgan fingerprint density at radius 3 is 2.76 bits per heavy atom. The number of Topliss-reactive ketones (excluding diaryl/α,β-unsaturated/α-hetero) is 1. The minimum Gasteiger partial charge on any atom is -0.368 e. The number of pyridine rings is 1. The van der Waals surface area contributed by atoms with Crippen molar-refractivity contribution in [1.29, 1.82) is 0 Å². The molecule has 152 valence electrons. The number of benzene rings is 1. The van der Waals surface area contributed by atoms with Gasteiger partial charge in [-0.2, -0.15) is 11.8 Å². The number of hydrogen-bond acceptors (Lipinski definition) is 4. The smallest absolute Gasteiger partial charge is 0.181 e. The molecule has 3 aromatic rings. The van der Waals surface area contributed by atoms with Crippen molar-refractivity contribution >= 4 is 40.5 Å². The highest BCUT2D eigenvalue weighted by atomic mass is 35.5. The highest BCUT2D eigenvalue weighted by molar-refractivity contribution is 7.99. The molecular formula is C22H23ClFN3OS. The molecule has 0 saturated carbocycles. The van der Waals surface area contributed by atoms with E-state index in [9.17, 15) is 9.18 Å². The van der Waals surface area contributed by atoms with Gasteiger partial charge in [-0.05, 0) is 42.7 Å². The first-order valence-corrected chi connectivity index (χ1v) is 11.4. The lowest BCUT2D eigenvalue weighted by Gasteiger charge is -2.28. The summed E-state index contributed by atoms with van der Waals surface area (Å²) < 4.78 is 16.4. The number of thioether (sulfide) groups is 1. The van der Waals surface area contributed by atoms with Gasteiger partial charge in [-0.1, -0.05) is 24.6 Å². The second-order valence-electron chi connectivity index (χ2n) is 7.14. The Morgan fingerprint density at radius 2 is 2.03 bits per heavy atom. The fourth-order valence-corrected chi connectivity index (χ4v) is 4.82. The molecule has 0 radical (unpaired) electrons. The first kappa shape index (κ1) is 20.2. The van der Waals surface area contributed by atoms with Crippen molar-refractivity contribution in [3.05, 3.63) is 64.3 Å². The van der Waals surface area contributed by atoms with Crippen LogP contribution in [0.3, 0.4) is 0 Å². The van der Waals surface area contributed by atoms with E-state index in [0.717, 1.165) is 35.9 Å². The molecule has 29 heavy (non-hydrogen) atoms. The van der Waals surface area contributed by atoms with Crippen molar-refractivity contribution in [2.45, 2.75) is 26.2 Å². The van der Waals surface area contributed by atoms with Crippen molar-refractivity contribution in [1.82, 2.24) is 9.38 Å². The molecule has 4 rings (SSSR count). The molecule has 1 aromatic carbocycles. The van der Waals surface area contributed by atoms with E-state index in [-0.39, 0.29) is 11.6 Å². The van der Waals surface area contributed by atoms with Gasteiger partial charge < -0.3 is 4.90 Å². The van der Waals surface area contributed by atoms with Crippen molar-refractivity contribution in [3.8, 4) is 0 Å². The Bertz CT molecular complexity index is 1050. The maximum atomic E-state index is 14.6. The summed E-state index contributed by atoms with van der Waals surface area (Å²) in [7, 11) is 0. The van der Waals surface area contributed by atoms with E-state index in [1.165, 1.54) is 0 Å². The number of carbonyl (C=O) groups excluding carboxylic acids is 1. The largest absolute Gasteiger partial charge is 0.368 e. The lowest BCUT2D eigenvalue weighted by Crippen LogP contribution is -2.33. The van der Waals surface area contributed by atoms with Gasteiger partial charge in [0.05, 0.1) is 16.4 Å². The predicted molar refractivity (Wildman–Crippen MR) is 118 cm³/mol. The van der Waals surface area contributed by atoms with Crippen LogP contribution in [0, 0.1) is 5.82 Å². The van der Waals surface area contributed by atoms with E-state index < -0.39 is 0 Å². The quantitative estimate of drug-likeness (QED) is 0.511. The second-order valence-corrected chi connectivity index (χ2v) is 8.81. The molecule has 4 nitrogen and oxygen atoms in total. The maximum absolute atomic E-state index is 14.6. The lowest BCUT2D eigenvalue weighted by molar-refractivity contribution is 0.0976. The zero-order valence-electron chi connectivity index (χ0n) is 16.3. The highest BCUT2D eigenvalue weighted by Crippen LogP contribution is 2.25. The second kappa shape index (κ2) is 8.76. The number of hydrogen-bond donors (Lipinski definition) is 0. The topological polar surface area (TPSA) is 37.6 Å². The minimum absolute atomic E-state index is 0.00541. The lowest BCUT2D eigenvalue weighted by atomic mass is 10.0. The fourth-order valence-electron chi connectivity index (χ4n) is 3.75. The van der Waals surface area contributed by atoms with Crippen LogP contribution in [-0.2, 0) is 12.8 Å². The molecule has 0 bridgehead atoms. The average molecular weight is 432 g/mol. The number of imidazole rings is 1. The molecule has 0 N–H and O–H groups in total. The molecular weight excluding hydrogens is 409 g/mol. The monoisotopic (exact) mass is 431 g/mol. The number of nitrogens with zero attached hydrogens (tertiary/aromatic N) is 3. The van der Waals surface area contributed by atoms with Crippen LogP contribution in [0.5, 0.6) is 0 Å². The van der Waals surface area contributed by atoms with Gasteiger partial charge in [0, 0.05) is 37.2 Å². The van der Waals surface area contributed by atoms with Gasteiger partial charge in [0.2, 0.25) is 0 Å². The number of anilines is 1. The Hall–Kier alpha value is -2.05. The van der Waals surface area contributed by atoms with Crippen molar-refractivity contribution in [2.75, 3.05) is 29.5 Å². The molecule has 7 heteroatoms. The molecule has 1 fully saturated rings. The van der Waals surface area contributed by atoms with Gasteiger partial charge in [0.1, 0.15) is 17.2 Å². The molecule has 1 aliphatic heterocycles. The molecule has 0 amide bonds. The van der Waals surface area contributed by atoms with Crippen molar-refractivity contribution < 1.29 is 9.18 Å². The van der Waals surface area contributed by atoms with E-state index in [1.807, 2.05) is 36.9 Å². The first-order chi connectivity index (χ1) is 14.1. The van der Waals surface area contributed by atoms with Crippen LogP contribution in [0.15, 0.2) is 36.5 Å². The summed E-state index contributed by atoms with van der Waals surface area (Å²) in [5, 5.41) is 0.556. The maximum Gasteiger partial charge on any atom is 0.181 e. The molecule has 0 spiro atoms. The Morgan fingerprint density at radius 1 is 1.24 bits per heavy atom. The van der Waals surface area contributed by atoms with Crippen LogP contribution in [0.2, 0.25) is 5.02 Å². The van der Waals surface area contributed by atoms with Crippen LogP contribution in [0.25, 0.3) is 5.65 Å². The summed E-state index contributed by atoms with van der Waals surface area (Å²) in [5.74, 6) is 1.84. The molecule has 1 saturated heterocycles. The van der Waals surface area contributed by atoms with Crippen LogP contribution in [0.4, 0.5) is 10.1 Å². The van der Waals surface area contributed by atoms with Crippen molar-refractivity contribution in [2.24, 2.45) is 0 Å². The van der Waals surface area contributed by atoms with Gasteiger partial charge in [-0.3, -0.25) is 9.20 Å². The molecule has 0 unspecified atom stereocenters. The number of aryl methyl sites for hydroxylation is 2. The van der Waals surface area contributed by atoms with Gasteiger partial charge in [-0.15, -0.1) is 0 Å². The van der Waals surface area contributed by atoms with E-state index in [2.05, 4.69) is 9.88 Å². The number of fused-ring (bicyclic) bond motifs is 1. The van der Waals surface area contributed by atoms with Gasteiger partial charge in [-0.25, -0.2) is 9.37 Å². The highest BCUT2D eigenvalue weighted by Gasteiger charge is 2.19. The zero-order chi connectivity index (χ0) is 20.4. The normalized spacial score (nSPS) is 14.5.